The summed E-state index contributed by atoms with van der Waals surface area (Å²) in [6, 6.07) is 3.88. The Balaban J connectivity index is 2.30. The van der Waals surface area contributed by atoms with E-state index in [-0.39, 0.29) is 18.4 Å². The maximum atomic E-state index is 11.5. The highest BCUT2D eigenvalue weighted by Crippen LogP contribution is 2.22. The molecule has 0 aliphatic heterocycles. The minimum Gasteiger partial charge on any atom is -0.469 e. The summed E-state index contributed by atoms with van der Waals surface area (Å²) in [7, 11) is 1.39. The molecule has 1 unspecified atom stereocenters. The molecule has 0 saturated carbocycles. The van der Waals surface area contributed by atoms with Gasteiger partial charge >= 0.3 is 12.1 Å². The number of thiophene rings is 1. The summed E-state index contributed by atoms with van der Waals surface area (Å²) < 4.78 is 9.90. The van der Waals surface area contributed by atoms with E-state index in [1.807, 2.05) is 38.3 Å². The van der Waals surface area contributed by atoms with E-state index in [0.29, 0.717) is 13.1 Å². The SMILES string of the molecule is COC(=O)CC(NCCCNC(=O)OC(C)(C)C)c1cccs1. The van der Waals surface area contributed by atoms with Crippen LogP contribution < -0.4 is 10.6 Å². The first-order valence-corrected chi connectivity index (χ1v) is 8.50. The van der Waals surface area contributed by atoms with Gasteiger partial charge in [-0.25, -0.2) is 4.79 Å². The van der Waals surface area contributed by atoms with E-state index in [2.05, 4.69) is 10.6 Å². The summed E-state index contributed by atoms with van der Waals surface area (Å²) >= 11 is 1.60. The second-order valence-corrected chi connectivity index (χ2v) is 7.06. The van der Waals surface area contributed by atoms with Crippen molar-refractivity contribution < 1.29 is 19.1 Å². The average molecular weight is 342 g/mol. The second kappa shape index (κ2) is 9.52. The molecule has 0 radical (unpaired) electrons. The summed E-state index contributed by atoms with van der Waals surface area (Å²) in [4.78, 5) is 24.1. The lowest BCUT2D eigenvalue weighted by atomic mass is 10.1. The van der Waals surface area contributed by atoms with Crippen LogP contribution in [0.5, 0.6) is 0 Å². The van der Waals surface area contributed by atoms with Crippen molar-refractivity contribution in [2.24, 2.45) is 0 Å². The quantitative estimate of drug-likeness (QED) is 0.561. The summed E-state index contributed by atoms with van der Waals surface area (Å²) in [6.45, 7) is 6.67. The Morgan fingerprint density at radius 2 is 2.04 bits per heavy atom. The molecule has 1 aromatic rings. The number of nitrogens with one attached hydrogen (secondary N) is 2. The summed E-state index contributed by atoms with van der Waals surface area (Å²) in [5.41, 5.74) is -0.493. The van der Waals surface area contributed by atoms with Crippen LogP contribution in [0.4, 0.5) is 4.79 Å². The Morgan fingerprint density at radius 1 is 1.30 bits per heavy atom. The smallest absolute Gasteiger partial charge is 0.407 e. The van der Waals surface area contributed by atoms with Crippen molar-refractivity contribution in [3.05, 3.63) is 22.4 Å². The molecule has 1 amide bonds. The van der Waals surface area contributed by atoms with E-state index < -0.39 is 11.7 Å². The highest BCUT2D eigenvalue weighted by atomic mass is 32.1. The topological polar surface area (TPSA) is 76.7 Å². The number of amides is 1. The van der Waals surface area contributed by atoms with Gasteiger partial charge in [-0.1, -0.05) is 6.07 Å². The number of hydrogen-bond donors (Lipinski definition) is 2. The first kappa shape index (κ1) is 19.4. The number of esters is 1. The van der Waals surface area contributed by atoms with Crippen LogP contribution in [0.2, 0.25) is 0 Å². The molecule has 0 spiro atoms. The van der Waals surface area contributed by atoms with Gasteiger partial charge in [0.1, 0.15) is 5.60 Å². The van der Waals surface area contributed by atoms with E-state index >= 15 is 0 Å². The molecule has 1 heterocycles. The van der Waals surface area contributed by atoms with Crippen LogP contribution in [-0.4, -0.2) is 37.9 Å². The minimum atomic E-state index is -0.493. The van der Waals surface area contributed by atoms with Gasteiger partial charge in [0.15, 0.2) is 0 Å². The number of ether oxygens (including phenoxy) is 2. The molecule has 0 aromatic carbocycles. The fourth-order valence-corrected chi connectivity index (χ4v) is 2.68. The highest BCUT2D eigenvalue weighted by molar-refractivity contribution is 7.10. The largest absolute Gasteiger partial charge is 0.469 e. The Hall–Kier alpha value is -1.60. The number of alkyl carbamates (subject to hydrolysis) is 1. The summed E-state index contributed by atoms with van der Waals surface area (Å²) in [5.74, 6) is -0.247. The Morgan fingerprint density at radius 3 is 2.61 bits per heavy atom. The molecule has 130 valence electrons. The first-order valence-electron chi connectivity index (χ1n) is 7.62. The van der Waals surface area contributed by atoms with Crippen LogP contribution in [0, 0.1) is 0 Å². The van der Waals surface area contributed by atoms with Crippen molar-refractivity contribution >= 4 is 23.4 Å². The van der Waals surface area contributed by atoms with Gasteiger partial charge in [0.05, 0.1) is 19.6 Å². The third kappa shape index (κ3) is 8.56. The number of rotatable bonds is 8. The van der Waals surface area contributed by atoms with E-state index in [1.54, 1.807) is 11.3 Å². The predicted molar refractivity (Wildman–Crippen MR) is 90.5 cm³/mol. The van der Waals surface area contributed by atoms with Crippen molar-refractivity contribution in [1.82, 2.24) is 10.6 Å². The van der Waals surface area contributed by atoms with Gasteiger partial charge in [-0.3, -0.25) is 4.79 Å². The molecule has 0 saturated heterocycles. The third-order valence-electron chi connectivity index (χ3n) is 2.90. The van der Waals surface area contributed by atoms with Gasteiger partial charge in [0, 0.05) is 11.4 Å². The standard InChI is InChI=1S/C16H26N2O4S/c1-16(2,3)22-15(20)18-9-6-8-17-12(11-14(19)21-4)13-7-5-10-23-13/h5,7,10,12,17H,6,8-9,11H2,1-4H3,(H,18,20). The molecule has 0 aliphatic carbocycles. The fraction of sp³-hybridized carbons (Fsp3) is 0.625. The maximum Gasteiger partial charge on any atom is 0.407 e. The number of carbonyl (C=O) groups excluding carboxylic acids is 2. The molecule has 7 heteroatoms. The molecule has 0 aliphatic rings. The second-order valence-electron chi connectivity index (χ2n) is 6.08. The van der Waals surface area contributed by atoms with Crippen LogP contribution in [0.1, 0.15) is 44.5 Å². The average Bonchev–Trinajstić information content (AvgIpc) is 2.97. The van der Waals surface area contributed by atoms with Crippen molar-refractivity contribution in [1.29, 1.82) is 0 Å². The zero-order valence-corrected chi connectivity index (χ0v) is 15.0. The van der Waals surface area contributed by atoms with Crippen LogP contribution in [0.15, 0.2) is 17.5 Å². The van der Waals surface area contributed by atoms with Gasteiger partial charge in [-0.05, 0) is 45.2 Å². The molecule has 23 heavy (non-hydrogen) atoms. The monoisotopic (exact) mass is 342 g/mol. The molecule has 1 aromatic heterocycles. The van der Waals surface area contributed by atoms with Crippen molar-refractivity contribution in [3.8, 4) is 0 Å². The number of carbonyl (C=O) groups is 2. The van der Waals surface area contributed by atoms with Crippen LogP contribution >= 0.6 is 11.3 Å². The molecule has 0 bridgehead atoms. The number of methoxy groups -OCH3 is 1. The minimum absolute atomic E-state index is 0.0658. The third-order valence-corrected chi connectivity index (χ3v) is 3.88. The highest BCUT2D eigenvalue weighted by Gasteiger charge is 2.17. The van der Waals surface area contributed by atoms with Gasteiger partial charge in [0.2, 0.25) is 0 Å². The van der Waals surface area contributed by atoms with E-state index in [0.717, 1.165) is 11.3 Å². The summed E-state index contributed by atoms with van der Waals surface area (Å²) in [5, 5.41) is 8.01. The lowest BCUT2D eigenvalue weighted by Crippen LogP contribution is -2.34. The Kier molecular flexibility index (Phi) is 8.05. The van der Waals surface area contributed by atoms with E-state index in [4.69, 9.17) is 9.47 Å². The van der Waals surface area contributed by atoms with Crippen LogP contribution in [-0.2, 0) is 14.3 Å². The van der Waals surface area contributed by atoms with Crippen molar-refractivity contribution in [2.45, 2.75) is 45.3 Å². The molecule has 1 atom stereocenters. The van der Waals surface area contributed by atoms with Crippen molar-refractivity contribution in [2.75, 3.05) is 20.2 Å². The van der Waals surface area contributed by atoms with Gasteiger partial charge in [0.25, 0.3) is 0 Å². The zero-order valence-electron chi connectivity index (χ0n) is 14.2. The zero-order chi connectivity index (χ0) is 17.3. The van der Waals surface area contributed by atoms with Gasteiger partial charge < -0.3 is 20.1 Å². The van der Waals surface area contributed by atoms with E-state index in [9.17, 15) is 9.59 Å². The summed E-state index contributed by atoms with van der Waals surface area (Å²) in [6.07, 6.45) is 0.612. The molecule has 1 rings (SSSR count). The molecular weight excluding hydrogens is 316 g/mol. The van der Waals surface area contributed by atoms with E-state index in [1.165, 1.54) is 7.11 Å². The van der Waals surface area contributed by atoms with Gasteiger partial charge in [-0.15, -0.1) is 11.3 Å². The Labute approximate surface area is 141 Å². The lowest BCUT2D eigenvalue weighted by molar-refractivity contribution is -0.141. The molecule has 6 nitrogen and oxygen atoms in total. The first-order chi connectivity index (χ1) is 10.8. The lowest BCUT2D eigenvalue weighted by Gasteiger charge is -2.20. The van der Waals surface area contributed by atoms with Crippen LogP contribution in [0.3, 0.4) is 0 Å². The maximum absolute atomic E-state index is 11.5. The predicted octanol–water partition coefficient (Wildman–Crippen LogP) is 2.86. The molecule has 0 fully saturated rings. The normalized spacial score (nSPS) is 12.5. The van der Waals surface area contributed by atoms with Crippen molar-refractivity contribution in [3.63, 3.8) is 0 Å². The fourth-order valence-electron chi connectivity index (χ4n) is 1.88. The van der Waals surface area contributed by atoms with Gasteiger partial charge in [-0.2, -0.15) is 0 Å². The molecule has 2 N–H and O–H groups in total. The number of hydrogen-bond acceptors (Lipinski definition) is 6. The molecular formula is C16H26N2O4S. The van der Waals surface area contributed by atoms with Crippen LogP contribution in [0.25, 0.3) is 0 Å². The Bertz CT molecular complexity index is 483.